The molecule has 0 fully saturated rings. The van der Waals surface area contributed by atoms with E-state index in [2.05, 4.69) is 0 Å². The minimum absolute atomic E-state index is 0.308. The molecule has 0 aromatic heterocycles. The molecule has 0 heterocycles. The highest BCUT2D eigenvalue weighted by Gasteiger charge is 2.10. The number of nitriles is 1. The highest BCUT2D eigenvalue weighted by Crippen LogP contribution is 2.27. The molecule has 2 rings (SSSR count). The SMILES string of the molecule is N#Cc1ccc(-c2cc(F)c(O)c(F)c2)cc1. The molecule has 0 bridgehead atoms. The molecule has 84 valence electrons. The number of benzene rings is 2. The summed E-state index contributed by atoms with van der Waals surface area (Å²) in [7, 11) is 0. The van der Waals surface area contributed by atoms with Crippen molar-refractivity contribution in [3.05, 3.63) is 53.6 Å². The summed E-state index contributed by atoms with van der Waals surface area (Å²) in [5.41, 5.74) is 1.34. The van der Waals surface area contributed by atoms with E-state index in [1.54, 1.807) is 24.3 Å². The van der Waals surface area contributed by atoms with Crippen LogP contribution in [0.3, 0.4) is 0 Å². The molecule has 0 aliphatic heterocycles. The van der Waals surface area contributed by atoms with E-state index in [9.17, 15) is 8.78 Å². The first-order chi connectivity index (χ1) is 8.11. The monoisotopic (exact) mass is 231 g/mol. The van der Waals surface area contributed by atoms with Crippen LogP contribution in [0.2, 0.25) is 0 Å². The van der Waals surface area contributed by atoms with E-state index in [0.29, 0.717) is 16.7 Å². The van der Waals surface area contributed by atoms with Crippen LogP contribution in [0.5, 0.6) is 5.75 Å². The van der Waals surface area contributed by atoms with Crippen molar-refractivity contribution in [1.29, 1.82) is 5.26 Å². The van der Waals surface area contributed by atoms with Gasteiger partial charge in [0.2, 0.25) is 0 Å². The van der Waals surface area contributed by atoms with Crippen molar-refractivity contribution in [2.45, 2.75) is 0 Å². The zero-order chi connectivity index (χ0) is 12.4. The number of nitrogens with zero attached hydrogens (tertiary/aromatic N) is 1. The van der Waals surface area contributed by atoms with Gasteiger partial charge in [-0.2, -0.15) is 5.26 Å². The maximum Gasteiger partial charge on any atom is 0.187 e. The van der Waals surface area contributed by atoms with E-state index in [0.717, 1.165) is 12.1 Å². The van der Waals surface area contributed by atoms with Gasteiger partial charge in [0.1, 0.15) is 0 Å². The van der Waals surface area contributed by atoms with Gasteiger partial charge in [-0.1, -0.05) is 12.1 Å². The number of aromatic hydroxyl groups is 1. The molecule has 1 N–H and O–H groups in total. The fourth-order valence-corrected chi connectivity index (χ4v) is 1.47. The van der Waals surface area contributed by atoms with Crippen LogP contribution in [-0.2, 0) is 0 Å². The van der Waals surface area contributed by atoms with Crippen LogP contribution in [0.25, 0.3) is 11.1 Å². The lowest BCUT2D eigenvalue weighted by Gasteiger charge is -2.04. The smallest absolute Gasteiger partial charge is 0.187 e. The molecular weight excluding hydrogens is 224 g/mol. The molecule has 2 aromatic rings. The van der Waals surface area contributed by atoms with Gasteiger partial charge in [-0.3, -0.25) is 0 Å². The van der Waals surface area contributed by atoms with Crippen LogP contribution < -0.4 is 0 Å². The van der Waals surface area contributed by atoms with Gasteiger partial charge in [0.25, 0.3) is 0 Å². The molecule has 17 heavy (non-hydrogen) atoms. The minimum Gasteiger partial charge on any atom is -0.503 e. The van der Waals surface area contributed by atoms with Crippen molar-refractivity contribution in [1.82, 2.24) is 0 Å². The van der Waals surface area contributed by atoms with Gasteiger partial charge >= 0.3 is 0 Å². The predicted molar refractivity (Wildman–Crippen MR) is 58.2 cm³/mol. The first kappa shape index (κ1) is 11.1. The minimum atomic E-state index is -1.01. The van der Waals surface area contributed by atoms with Gasteiger partial charge in [-0.25, -0.2) is 8.78 Å². The highest BCUT2D eigenvalue weighted by atomic mass is 19.1. The van der Waals surface area contributed by atoms with Crippen molar-refractivity contribution >= 4 is 0 Å². The van der Waals surface area contributed by atoms with Crippen LogP contribution in [0.1, 0.15) is 5.56 Å². The van der Waals surface area contributed by atoms with Gasteiger partial charge < -0.3 is 5.11 Å². The molecule has 0 atom stereocenters. The standard InChI is InChI=1S/C13H7F2NO/c14-11-5-10(6-12(15)13(11)17)9-3-1-8(7-16)2-4-9/h1-6,17H. The highest BCUT2D eigenvalue weighted by molar-refractivity contribution is 5.65. The summed E-state index contributed by atoms with van der Waals surface area (Å²) >= 11 is 0. The van der Waals surface area contributed by atoms with Gasteiger partial charge in [0.15, 0.2) is 17.4 Å². The Kier molecular flexibility index (Phi) is 2.75. The summed E-state index contributed by atoms with van der Waals surface area (Å²) in [5, 5.41) is 17.6. The average Bonchev–Trinajstić information content (AvgIpc) is 2.35. The Balaban J connectivity index is 2.50. The summed E-state index contributed by atoms with van der Waals surface area (Å²) < 4.78 is 26.3. The summed E-state index contributed by atoms with van der Waals surface area (Å²) in [6.45, 7) is 0. The van der Waals surface area contributed by atoms with Crippen LogP contribution >= 0.6 is 0 Å². The quantitative estimate of drug-likeness (QED) is 0.818. The zero-order valence-electron chi connectivity index (χ0n) is 8.61. The normalized spacial score (nSPS) is 9.94. The maximum absolute atomic E-state index is 13.1. The number of phenols is 1. The molecule has 0 amide bonds. The molecule has 0 spiro atoms. The third-order valence-corrected chi connectivity index (χ3v) is 2.36. The summed E-state index contributed by atoms with van der Waals surface area (Å²) in [5.74, 6) is -3.00. The van der Waals surface area contributed by atoms with Crippen molar-refractivity contribution in [2.75, 3.05) is 0 Å². The van der Waals surface area contributed by atoms with Crippen molar-refractivity contribution in [3.8, 4) is 22.9 Å². The van der Waals surface area contributed by atoms with E-state index in [-0.39, 0.29) is 0 Å². The van der Waals surface area contributed by atoms with Crippen LogP contribution in [0.4, 0.5) is 8.78 Å². The number of hydrogen-bond acceptors (Lipinski definition) is 2. The predicted octanol–water partition coefficient (Wildman–Crippen LogP) is 3.21. The second-order valence-corrected chi connectivity index (χ2v) is 3.48. The molecule has 4 heteroatoms. The third kappa shape index (κ3) is 2.08. The average molecular weight is 231 g/mol. The molecule has 0 radical (unpaired) electrons. The topological polar surface area (TPSA) is 44.0 Å². The number of hydrogen-bond donors (Lipinski definition) is 1. The molecule has 0 saturated carbocycles. The third-order valence-electron chi connectivity index (χ3n) is 2.36. The Bertz CT molecular complexity index is 577. The maximum atomic E-state index is 13.1. The van der Waals surface area contributed by atoms with Gasteiger partial charge in [0.05, 0.1) is 11.6 Å². The Labute approximate surface area is 96.4 Å². The van der Waals surface area contributed by atoms with E-state index >= 15 is 0 Å². The summed E-state index contributed by atoms with van der Waals surface area (Å²) in [4.78, 5) is 0. The second-order valence-electron chi connectivity index (χ2n) is 3.48. The molecule has 0 unspecified atom stereocenters. The van der Waals surface area contributed by atoms with Crippen molar-refractivity contribution in [3.63, 3.8) is 0 Å². The van der Waals surface area contributed by atoms with E-state index in [1.165, 1.54) is 0 Å². The van der Waals surface area contributed by atoms with Gasteiger partial charge in [0, 0.05) is 0 Å². The van der Waals surface area contributed by atoms with E-state index < -0.39 is 17.4 Å². The number of halogens is 2. The van der Waals surface area contributed by atoms with Crippen molar-refractivity contribution < 1.29 is 13.9 Å². The summed E-state index contributed by atoms with van der Waals surface area (Å²) in [6.07, 6.45) is 0. The lowest BCUT2D eigenvalue weighted by molar-refractivity contribution is 0.396. The van der Waals surface area contributed by atoms with Gasteiger partial charge in [-0.15, -0.1) is 0 Å². The first-order valence-electron chi connectivity index (χ1n) is 4.80. The lowest BCUT2D eigenvalue weighted by Crippen LogP contribution is -1.86. The molecule has 0 saturated heterocycles. The Hall–Kier alpha value is -2.41. The molecule has 0 aliphatic carbocycles. The van der Waals surface area contributed by atoms with Crippen LogP contribution in [0, 0.1) is 23.0 Å². The molecule has 0 aliphatic rings. The summed E-state index contributed by atoms with van der Waals surface area (Å²) in [6, 6.07) is 10.3. The Morgan fingerprint density at radius 2 is 1.47 bits per heavy atom. The lowest BCUT2D eigenvalue weighted by atomic mass is 10.0. The number of phenolic OH excluding ortho intramolecular Hbond substituents is 1. The fourth-order valence-electron chi connectivity index (χ4n) is 1.47. The molecular formula is C13H7F2NO. The van der Waals surface area contributed by atoms with Gasteiger partial charge in [-0.05, 0) is 35.4 Å². The second kappa shape index (κ2) is 4.22. The largest absolute Gasteiger partial charge is 0.503 e. The number of rotatable bonds is 1. The van der Waals surface area contributed by atoms with Crippen LogP contribution in [0.15, 0.2) is 36.4 Å². The van der Waals surface area contributed by atoms with E-state index in [4.69, 9.17) is 10.4 Å². The van der Waals surface area contributed by atoms with Crippen LogP contribution in [-0.4, -0.2) is 5.11 Å². The molecule has 2 nitrogen and oxygen atoms in total. The zero-order valence-corrected chi connectivity index (χ0v) is 8.61. The molecule has 2 aromatic carbocycles. The Morgan fingerprint density at radius 1 is 0.941 bits per heavy atom. The Morgan fingerprint density at radius 3 is 1.94 bits per heavy atom. The first-order valence-corrected chi connectivity index (χ1v) is 4.80. The fraction of sp³-hybridized carbons (Fsp3) is 0. The van der Waals surface area contributed by atoms with Crippen molar-refractivity contribution in [2.24, 2.45) is 0 Å². The van der Waals surface area contributed by atoms with E-state index in [1.807, 2.05) is 6.07 Å².